The third-order valence-corrected chi connectivity index (χ3v) is 7.65. The van der Waals surface area contributed by atoms with Crippen LogP contribution in [-0.4, -0.2) is 58.7 Å². The van der Waals surface area contributed by atoms with Crippen molar-refractivity contribution in [3.05, 3.63) is 72.9 Å². The molecule has 0 aliphatic carbocycles. The van der Waals surface area contributed by atoms with Crippen LogP contribution in [0.2, 0.25) is 0 Å². The molecule has 1 aliphatic rings. The van der Waals surface area contributed by atoms with Crippen molar-refractivity contribution in [3.8, 4) is 0 Å². The molecule has 0 atom stereocenters. The Morgan fingerprint density at radius 2 is 1.81 bits per heavy atom. The first-order chi connectivity index (χ1) is 17.5. The lowest BCUT2D eigenvalue weighted by Crippen LogP contribution is -2.43. The quantitative estimate of drug-likeness (QED) is 0.372. The average Bonchev–Trinajstić information content (AvgIpc) is 3.33. The van der Waals surface area contributed by atoms with E-state index in [0.29, 0.717) is 27.7 Å². The SMILES string of the molecule is O=S(=O)(c1cccc2cccnc12)n1ncc2cnc(Nc3ccc(N4CCNCC4)c(F)c3)nc21. The van der Waals surface area contributed by atoms with E-state index in [-0.39, 0.29) is 22.3 Å². The van der Waals surface area contributed by atoms with Crippen molar-refractivity contribution in [2.45, 2.75) is 4.90 Å². The van der Waals surface area contributed by atoms with E-state index in [9.17, 15) is 12.8 Å². The molecule has 0 unspecified atom stereocenters. The fourth-order valence-corrected chi connectivity index (χ4v) is 5.68. The van der Waals surface area contributed by atoms with Crippen LogP contribution in [0.5, 0.6) is 0 Å². The zero-order valence-corrected chi connectivity index (χ0v) is 19.8. The third-order valence-electron chi connectivity index (χ3n) is 6.04. The number of piperazine rings is 1. The Kier molecular flexibility index (Phi) is 5.46. The normalized spacial score (nSPS) is 14.4. The maximum absolute atomic E-state index is 14.8. The van der Waals surface area contributed by atoms with Gasteiger partial charge in [-0.2, -0.15) is 18.5 Å². The minimum Gasteiger partial charge on any atom is -0.367 e. The lowest BCUT2D eigenvalue weighted by Gasteiger charge is -2.29. The maximum Gasteiger partial charge on any atom is 0.287 e. The second-order valence-electron chi connectivity index (χ2n) is 8.32. The summed E-state index contributed by atoms with van der Waals surface area (Å²) in [6.07, 6.45) is 4.40. The second kappa shape index (κ2) is 8.81. The number of benzene rings is 2. The van der Waals surface area contributed by atoms with Crippen LogP contribution in [0, 0.1) is 5.82 Å². The molecule has 5 aromatic rings. The van der Waals surface area contributed by atoms with E-state index in [1.54, 1.807) is 42.6 Å². The number of aromatic nitrogens is 5. The van der Waals surface area contributed by atoms with Crippen LogP contribution >= 0.6 is 0 Å². The number of nitrogens with one attached hydrogen (secondary N) is 2. The van der Waals surface area contributed by atoms with E-state index in [1.807, 2.05) is 4.90 Å². The number of hydrogen-bond acceptors (Lipinski definition) is 9. The predicted molar refractivity (Wildman–Crippen MR) is 134 cm³/mol. The summed E-state index contributed by atoms with van der Waals surface area (Å²) in [6, 6.07) is 13.3. The fraction of sp³-hybridized carbons (Fsp3) is 0.167. The molecule has 2 aromatic carbocycles. The summed E-state index contributed by atoms with van der Waals surface area (Å²) in [5, 5.41) is 11.4. The molecule has 4 heterocycles. The highest BCUT2D eigenvalue weighted by Gasteiger charge is 2.25. The van der Waals surface area contributed by atoms with Crippen LogP contribution in [0.25, 0.3) is 21.9 Å². The zero-order valence-electron chi connectivity index (χ0n) is 19.0. The molecule has 2 N–H and O–H groups in total. The first-order valence-electron chi connectivity index (χ1n) is 11.3. The van der Waals surface area contributed by atoms with Crippen molar-refractivity contribution in [2.75, 3.05) is 36.4 Å². The molecule has 0 radical (unpaired) electrons. The molecule has 182 valence electrons. The largest absolute Gasteiger partial charge is 0.367 e. The number of anilines is 3. The highest BCUT2D eigenvalue weighted by atomic mass is 32.2. The molecular weight excluding hydrogens is 483 g/mol. The van der Waals surface area contributed by atoms with Gasteiger partial charge in [0.15, 0.2) is 5.65 Å². The first kappa shape index (κ1) is 22.3. The van der Waals surface area contributed by atoms with Gasteiger partial charge in [-0.3, -0.25) is 4.98 Å². The van der Waals surface area contributed by atoms with E-state index >= 15 is 0 Å². The second-order valence-corrected chi connectivity index (χ2v) is 10.1. The Labute approximate surface area is 205 Å². The number of rotatable bonds is 5. The monoisotopic (exact) mass is 504 g/mol. The number of pyridine rings is 1. The maximum atomic E-state index is 14.8. The van der Waals surface area contributed by atoms with Crippen molar-refractivity contribution in [1.29, 1.82) is 0 Å². The number of nitrogens with zero attached hydrogens (tertiary/aromatic N) is 6. The Balaban J connectivity index is 1.34. The summed E-state index contributed by atoms with van der Waals surface area (Å²) in [5.74, 6) is -0.246. The minimum absolute atomic E-state index is 0.0179. The number of halogens is 1. The van der Waals surface area contributed by atoms with Gasteiger partial charge in [0, 0.05) is 49.6 Å². The van der Waals surface area contributed by atoms with E-state index in [0.717, 1.165) is 30.3 Å². The molecule has 0 spiro atoms. The van der Waals surface area contributed by atoms with Crippen molar-refractivity contribution < 1.29 is 12.8 Å². The lowest BCUT2D eigenvalue weighted by molar-refractivity contribution is 0.566. The van der Waals surface area contributed by atoms with Gasteiger partial charge >= 0.3 is 0 Å². The van der Waals surface area contributed by atoms with Crippen molar-refractivity contribution in [2.24, 2.45) is 0 Å². The van der Waals surface area contributed by atoms with Gasteiger partial charge in [0.25, 0.3) is 10.0 Å². The molecule has 1 aliphatic heterocycles. The average molecular weight is 505 g/mol. The summed E-state index contributed by atoms with van der Waals surface area (Å²) < 4.78 is 42.8. The molecular formula is C24H21FN8O2S. The molecule has 1 saturated heterocycles. The Bertz CT molecular complexity index is 1690. The predicted octanol–water partition coefficient (Wildman–Crippen LogP) is 2.90. The molecule has 6 rings (SSSR count). The Morgan fingerprint density at radius 3 is 2.64 bits per heavy atom. The summed E-state index contributed by atoms with van der Waals surface area (Å²) >= 11 is 0. The van der Waals surface area contributed by atoms with Crippen LogP contribution in [-0.2, 0) is 10.0 Å². The topological polar surface area (TPSA) is 118 Å². The van der Waals surface area contributed by atoms with Gasteiger partial charge in [0.1, 0.15) is 10.7 Å². The van der Waals surface area contributed by atoms with Gasteiger partial charge in [-0.25, -0.2) is 9.37 Å². The lowest BCUT2D eigenvalue weighted by atomic mass is 10.2. The van der Waals surface area contributed by atoms with Gasteiger partial charge in [0.05, 0.1) is 22.8 Å². The van der Waals surface area contributed by atoms with Crippen LogP contribution in [0.1, 0.15) is 0 Å². The van der Waals surface area contributed by atoms with E-state index in [2.05, 4.69) is 30.7 Å². The van der Waals surface area contributed by atoms with Crippen LogP contribution in [0.3, 0.4) is 0 Å². The fourth-order valence-electron chi connectivity index (χ4n) is 4.29. The smallest absolute Gasteiger partial charge is 0.287 e. The molecule has 12 heteroatoms. The number of fused-ring (bicyclic) bond motifs is 2. The van der Waals surface area contributed by atoms with Crippen molar-refractivity contribution >= 4 is 49.3 Å². The molecule has 1 fully saturated rings. The van der Waals surface area contributed by atoms with Crippen molar-refractivity contribution in [3.63, 3.8) is 0 Å². The zero-order chi connectivity index (χ0) is 24.7. The summed E-state index contributed by atoms with van der Waals surface area (Å²) in [4.78, 5) is 14.9. The molecule has 0 saturated carbocycles. The molecule has 0 bridgehead atoms. The molecule has 36 heavy (non-hydrogen) atoms. The standard InChI is InChI=1S/C24H21FN8O2S/c25-19-13-18(6-7-20(19)32-11-9-26-10-12-32)30-24-28-14-17-15-29-33(23(17)31-24)36(34,35)21-5-1-3-16-4-2-8-27-22(16)21/h1-8,13-15,26H,9-12H2,(H,28,30,31). The Morgan fingerprint density at radius 1 is 0.972 bits per heavy atom. The summed E-state index contributed by atoms with van der Waals surface area (Å²) in [5.41, 5.74) is 1.42. The van der Waals surface area contributed by atoms with E-state index in [4.69, 9.17) is 0 Å². The molecule has 10 nitrogen and oxygen atoms in total. The number of para-hydroxylation sites is 1. The van der Waals surface area contributed by atoms with Gasteiger partial charge < -0.3 is 15.5 Å². The molecule has 3 aromatic heterocycles. The van der Waals surface area contributed by atoms with Crippen LogP contribution in [0.4, 0.5) is 21.7 Å². The van der Waals surface area contributed by atoms with Crippen LogP contribution < -0.4 is 15.5 Å². The number of hydrogen-bond donors (Lipinski definition) is 2. The third kappa shape index (κ3) is 3.89. The minimum atomic E-state index is -4.11. The Hall–Kier alpha value is -4.16. The van der Waals surface area contributed by atoms with E-state index in [1.165, 1.54) is 24.5 Å². The van der Waals surface area contributed by atoms with E-state index < -0.39 is 10.0 Å². The van der Waals surface area contributed by atoms with Gasteiger partial charge in [-0.1, -0.05) is 18.2 Å². The van der Waals surface area contributed by atoms with Gasteiger partial charge in [-0.05, 0) is 30.3 Å². The first-order valence-corrected chi connectivity index (χ1v) is 12.8. The molecule has 0 amide bonds. The van der Waals surface area contributed by atoms with Crippen LogP contribution in [0.15, 0.2) is 72.0 Å². The van der Waals surface area contributed by atoms with Gasteiger partial charge in [0.2, 0.25) is 5.95 Å². The van der Waals surface area contributed by atoms with Gasteiger partial charge in [-0.15, -0.1) is 4.09 Å². The van der Waals surface area contributed by atoms with Crippen molar-refractivity contribution in [1.82, 2.24) is 29.5 Å². The summed E-state index contributed by atoms with van der Waals surface area (Å²) in [7, 11) is -4.11. The highest BCUT2D eigenvalue weighted by molar-refractivity contribution is 7.90. The highest BCUT2D eigenvalue weighted by Crippen LogP contribution is 2.27. The summed E-state index contributed by atoms with van der Waals surface area (Å²) in [6.45, 7) is 3.07.